The van der Waals surface area contributed by atoms with Crippen molar-refractivity contribution >= 4 is 49.9 Å². The van der Waals surface area contributed by atoms with Gasteiger partial charge in [-0.05, 0) is 118 Å². The highest BCUT2D eigenvalue weighted by Gasteiger charge is 2.54. The van der Waals surface area contributed by atoms with Gasteiger partial charge in [-0.2, -0.15) is 0 Å². The highest BCUT2D eigenvalue weighted by atomic mass is 28.4. The van der Waals surface area contributed by atoms with Crippen molar-refractivity contribution in [3.05, 3.63) is 0 Å². The maximum atomic E-state index is 11.9. The molecule has 2 fully saturated rings. The molecule has 2 rings (SSSR count). The van der Waals surface area contributed by atoms with E-state index in [4.69, 9.17) is 40.8 Å². The van der Waals surface area contributed by atoms with Crippen molar-refractivity contribution in [2.75, 3.05) is 13.2 Å². The molecule has 2 N–H and O–H groups in total. The summed E-state index contributed by atoms with van der Waals surface area (Å²) in [5.41, 5.74) is 0. The molecule has 17 heteroatoms. The van der Waals surface area contributed by atoms with Crippen molar-refractivity contribution in [1.82, 2.24) is 0 Å². The van der Waals surface area contributed by atoms with Gasteiger partial charge < -0.3 is 51.0 Å². The Bertz CT molecular complexity index is 892. The van der Waals surface area contributed by atoms with E-state index in [1.807, 2.05) is 0 Å². The molecule has 10 unspecified atom stereocenters. The second-order valence-corrected chi connectivity index (χ2v) is 45.7. The first-order valence-electron chi connectivity index (χ1n) is 17.2. The van der Waals surface area contributed by atoms with Crippen LogP contribution in [-0.4, -0.2) is 135 Å². The van der Waals surface area contributed by atoms with Crippen LogP contribution in [0.3, 0.4) is 0 Å². The molecule has 0 bridgehead atoms. The normalized spacial score (nSPS) is 33.7. The average molecular weight is 775 g/mol. The minimum Gasteiger partial charge on any atom is -0.415 e. The zero-order valence-corrected chi connectivity index (χ0v) is 38.8. The smallest absolute Gasteiger partial charge is 0.189 e. The van der Waals surface area contributed by atoms with Crippen LogP contribution >= 0.6 is 0 Å². The lowest BCUT2D eigenvalue weighted by Crippen LogP contribution is -2.68. The first kappa shape index (κ1) is 44.0. The van der Waals surface area contributed by atoms with E-state index in [-0.39, 0.29) is 13.2 Å². The van der Waals surface area contributed by atoms with Gasteiger partial charge in [-0.15, -0.1) is 0 Å². The van der Waals surface area contributed by atoms with E-state index < -0.39 is 111 Å². The number of hydrogen-bond donors (Lipinski definition) is 2. The summed E-state index contributed by atoms with van der Waals surface area (Å²) in [5.74, 6) is 0. The molecule has 0 aromatic carbocycles. The highest BCUT2D eigenvalue weighted by molar-refractivity contribution is 6.71. The van der Waals surface area contributed by atoms with Crippen LogP contribution in [0.5, 0.6) is 0 Å². The summed E-state index contributed by atoms with van der Waals surface area (Å²) < 4.78 is 58.8. The Balaban J connectivity index is 2.55. The summed E-state index contributed by atoms with van der Waals surface area (Å²) in [6.07, 6.45) is -8.55. The topological polar surface area (TPSA) is 124 Å². The van der Waals surface area contributed by atoms with Gasteiger partial charge in [0.15, 0.2) is 62.5 Å². The predicted molar refractivity (Wildman–Crippen MR) is 202 cm³/mol. The fourth-order valence-corrected chi connectivity index (χ4v) is 11.0. The molecule has 2 aliphatic rings. The van der Waals surface area contributed by atoms with Crippen LogP contribution in [0.4, 0.5) is 0 Å². The summed E-state index contributed by atoms with van der Waals surface area (Å²) in [6, 6.07) is 0. The first-order chi connectivity index (χ1) is 20.8. The quantitative estimate of drug-likeness (QED) is 0.186. The van der Waals surface area contributed by atoms with Gasteiger partial charge in [0.1, 0.15) is 48.8 Å². The Hall–Kier alpha value is 0.861. The fourth-order valence-electron chi connectivity index (χ4n) is 5.26. The molecular weight excluding hydrogens is 705 g/mol. The molecule has 280 valence electrons. The maximum Gasteiger partial charge on any atom is 0.189 e. The lowest BCUT2D eigenvalue weighted by Gasteiger charge is -2.51. The Kier molecular flexibility index (Phi) is 15.2. The lowest BCUT2D eigenvalue weighted by molar-refractivity contribution is -0.371. The van der Waals surface area contributed by atoms with Crippen LogP contribution in [0, 0.1) is 0 Å². The monoisotopic (exact) mass is 774 g/mol. The van der Waals surface area contributed by atoms with Crippen molar-refractivity contribution in [3.8, 4) is 0 Å². The van der Waals surface area contributed by atoms with E-state index in [0.29, 0.717) is 0 Å². The molecule has 2 saturated heterocycles. The van der Waals surface area contributed by atoms with E-state index in [1.165, 1.54) is 0 Å². The zero-order chi connectivity index (χ0) is 36.6. The van der Waals surface area contributed by atoms with Gasteiger partial charge in [-0.25, -0.2) is 0 Å². The summed E-state index contributed by atoms with van der Waals surface area (Å²) in [6.45, 7) is 38.4. The molecule has 11 nitrogen and oxygen atoms in total. The van der Waals surface area contributed by atoms with Gasteiger partial charge in [0, 0.05) is 0 Å². The molecule has 10 atom stereocenters. The summed E-state index contributed by atoms with van der Waals surface area (Å²) >= 11 is 0. The third-order valence-corrected chi connectivity index (χ3v) is 12.8. The number of hydrogen-bond acceptors (Lipinski definition) is 11. The van der Waals surface area contributed by atoms with E-state index in [0.717, 1.165) is 0 Å². The van der Waals surface area contributed by atoms with Crippen molar-refractivity contribution in [3.63, 3.8) is 0 Å². The van der Waals surface area contributed by atoms with Gasteiger partial charge >= 0.3 is 0 Å². The van der Waals surface area contributed by atoms with Gasteiger partial charge in [0.05, 0.1) is 13.2 Å². The van der Waals surface area contributed by atoms with Gasteiger partial charge in [0.2, 0.25) is 0 Å². The number of ether oxygens (including phenoxy) is 3. The number of aliphatic hydroxyl groups is 2. The van der Waals surface area contributed by atoms with E-state index in [1.54, 1.807) is 0 Å². The number of aliphatic hydroxyl groups excluding tert-OH is 2. The third kappa shape index (κ3) is 16.0. The van der Waals surface area contributed by atoms with Gasteiger partial charge in [-0.3, -0.25) is 0 Å². The predicted octanol–water partition coefficient (Wildman–Crippen LogP) is 5.76. The second kappa shape index (κ2) is 16.3. The summed E-state index contributed by atoms with van der Waals surface area (Å²) in [7, 11) is -12.5. The van der Waals surface area contributed by atoms with Crippen LogP contribution in [0.25, 0.3) is 0 Å². The van der Waals surface area contributed by atoms with Crippen LogP contribution in [0.2, 0.25) is 118 Å². The van der Waals surface area contributed by atoms with Gasteiger partial charge in [0.25, 0.3) is 0 Å². The summed E-state index contributed by atoms with van der Waals surface area (Å²) in [4.78, 5) is 0. The first-order valence-corrected chi connectivity index (χ1v) is 37.6. The van der Waals surface area contributed by atoms with Crippen LogP contribution < -0.4 is 0 Å². The maximum absolute atomic E-state index is 11.9. The van der Waals surface area contributed by atoms with E-state index >= 15 is 0 Å². The molecule has 0 spiro atoms. The Morgan fingerprint density at radius 2 is 0.660 bits per heavy atom. The molecule has 0 aromatic heterocycles. The molecule has 2 heterocycles. The standard InChI is InChI=1S/C30H70O11Si6/c1-42(2,3)33-19-21-25(38-44(7,8)9)27(40-46(13,14)15)23(31)29(35-21)37-30-24(32)28(41-47(16,17)18)26(39-45(10,11)12)22(36-30)20-34-43(4,5)6/h21-32H,19-20H2,1-18H3. The SMILES string of the molecule is C[Si](C)(C)OCC1OC(OC2OC(CO[Si](C)(C)C)C(O[Si](C)(C)C)C(O[Si](C)(C)C)C2O)C(O)C(O[Si](C)(C)C)C1O[Si](C)(C)C. The van der Waals surface area contributed by atoms with Crippen LogP contribution in [-0.2, 0) is 40.8 Å². The van der Waals surface area contributed by atoms with Crippen molar-refractivity contribution in [2.45, 2.75) is 179 Å². The largest absolute Gasteiger partial charge is 0.415 e. The second-order valence-electron chi connectivity index (χ2n) is 18.8. The highest BCUT2D eigenvalue weighted by Crippen LogP contribution is 2.36. The van der Waals surface area contributed by atoms with E-state index in [2.05, 4.69) is 118 Å². The third-order valence-electron chi connectivity index (χ3n) is 6.82. The van der Waals surface area contributed by atoms with Crippen LogP contribution in [0.1, 0.15) is 0 Å². The lowest BCUT2D eigenvalue weighted by atomic mass is 9.98. The van der Waals surface area contributed by atoms with Gasteiger partial charge in [-0.1, -0.05) is 0 Å². The van der Waals surface area contributed by atoms with Crippen molar-refractivity contribution < 1.29 is 51.0 Å². The van der Waals surface area contributed by atoms with Crippen molar-refractivity contribution in [1.29, 1.82) is 0 Å². The molecule has 47 heavy (non-hydrogen) atoms. The summed E-state index contributed by atoms with van der Waals surface area (Å²) in [5, 5.41) is 23.8. The molecule has 0 amide bonds. The minimum atomic E-state index is -2.19. The molecule has 2 aliphatic heterocycles. The van der Waals surface area contributed by atoms with E-state index in [9.17, 15) is 10.2 Å². The fraction of sp³-hybridized carbons (Fsp3) is 1.00. The number of rotatable bonds is 16. The Labute approximate surface area is 292 Å². The van der Waals surface area contributed by atoms with Crippen LogP contribution in [0.15, 0.2) is 0 Å². The Morgan fingerprint density at radius 1 is 0.404 bits per heavy atom. The molecule has 0 saturated carbocycles. The minimum absolute atomic E-state index is 0.261. The zero-order valence-electron chi connectivity index (χ0n) is 32.8. The molecule has 0 radical (unpaired) electrons. The average Bonchev–Trinajstić information content (AvgIpc) is 2.81. The molecule has 0 aliphatic carbocycles. The molecular formula is C30H70O11Si6. The van der Waals surface area contributed by atoms with Crippen molar-refractivity contribution in [2.24, 2.45) is 0 Å². The Morgan fingerprint density at radius 3 is 0.894 bits per heavy atom. The molecule has 0 aromatic rings.